The van der Waals surface area contributed by atoms with Crippen LogP contribution in [0.4, 0.5) is 8.78 Å². The van der Waals surface area contributed by atoms with E-state index in [1.807, 2.05) is 0 Å². The van der Waals surface area contributed by atoms with Crippen LogP contribution in [-0.2, 0) is 4.79 Å². The Balaban J connectivity index is 2.09. The van der Waals surface area contributed by atoms with Crippen LogP contribution in [-0.4, -0.2) is 23.5 Å². The van der Waals surface area contributed by atoms with Gasteiger partial charge in [-0.1, -0.05) is 18.0 Å². The summed E-state index contributed by atoms with van der Waals surface area (Å²) in [6.45, 7) is -0.0590. The number of amides is 1. The average molecular weight is 304 g/mol. The Morgan fingerprint density at radius 3 is 2.40 bits per heavy atom. The lowest BCUT2D eigenvalue weighted by Gasteiger charge is -2.37. The van der Waals surface area contributed by atoms with E-state index in [0.29, 0.717) is 25.0 Å². The summed E-state index contributed by atoms with van der Waals surface area (Å²) in [5.74, 6) is -4.02. The second-order valence-electron chi connectivity index (χ2n) is 4.87. The SMILES string of the molecule is O=C(NCC1(C(=O)O)CCC1)c1cc(F)c(F)cc1Cl. The molecule has 1 aromatic rings. The summed E-state index contributed by atoms with van der Waals surface area (Å²) in [6.07, 6.45) is 1.75. The number of halogens is 3. The number of aliphatic carboxylic acids is 1. The van der Waals surface area contributed by atoms with E-state index in [2.05, 4.69) is 5.32 Å². The van der Waals surface area contributed by atoms with Crippen LogP contribution in [0.5, 0.6) is 0 Å². The van der Waals surface area contributed by atoms with Gasteiger partial charge in [-0.15, -0.1) is 0 Å². The van der Waals surface area contributed by atoms with E-state index < -0.39 is 28.9 Å². The van der Waals surface area contributed by atoms with Gasteiger partial charge in [0.1, 0.15) is 0 Å². The largest absolute Gasteiger partial charge is 0.481 e. The zero-order valence-electron chi connectivity index (χ0n) is 10.4. The van der Waals surface area contributed by atoms with E-state index in [4.69, 9.17) is 16.7 Å². The van der Waals surface area contributed by atoms with Gasteiger partial charge in [0.2, 0.25) is 0 Å². The van der Waals surface area contributed by atoms with Gasteiger partial charge < -0.3 is 10.4 Å². The summed E-state index contributed by atoms with van der Waals surface area (Å²) >= 11 is 5.67. The quantitative estimate of drug-likeness (QED) is 0.840. The fourth-order valence-electron chi connectivity index (χ4n) is 2.11. The van der Waals surface area contributed by atoms with E-state index in [1.54, 1.807) is 0 Å². The zero-order chi connectivity index (χ0) is 14.9. The number of rotatable bonds is 4. The molecule has 0 atom stereocenters. The number of carbonyl (C=O) groups excluding carboxylic acids is 1. The topological polar surface area (TPSA) is 66.4 Å². The van der Waals surface area contributed by atoms with Crippen molar-refractivity contribution in [3.8, 4) is 0 Å². The predicted octanol–water partition coefficient (Wildman–Crippen LogP) is 2.60. The molecular formula is C13H12ClF2NO3. The van der Waals surface area contributed by atoms with Crippen molar-refractivity contribution < 1.29 is 23.5 Å². The Kier molecular flexibility index (Phi) is 3.94. The van der Waals surface area contributed by atoms with Crippen LogP contribution < -0.4 is 5.32 Å². The molecule has 1 aliphatic rings. The maximum absolute atomic E-state index is 13.1. The van der Waals surface area contributed by atoms with Crippen LogP contribution in [0.15, 0.2) is 12.1 Å². The summed E-state index contributed by atoms with van der Waals surface area (Å²) in [5, 5.41) is 11.3. The fourth-order valence-corrected chi connectivity index (χ4v) is 2.35. The Hall–Kier alpha value is -1.69. The van der Waals surface area contributed by atoms with E-state index in [1.165, 1.54) is 0 Å². The Morgan fingerprint density at radius 1 is 1.30 bits per heavy atom. The molecule has 1 aliphatic carbocycles. The average Bonchev–Trinajstić information content (AvgIpc) is 2.31. The minimum Gasteiger partial charge on any atom is -0.481 e. The molecule has 1 fully saturated rings. The fraction of sp³-hybridized carbons (Fsp3) is 0.385. The molecule has 2 rings (SSSR count). The van der Waals surface area contributed by atoms with Crippen molar-refractivity contribution in [1.82, 2.24) is 5.32 Å². The molecule has 0 spiro atoms. The standard InChI is InChI=1S/C13H12ClF2NO3/c14-8-5-10(16)9(15)4-7(8)11(18)17-6-13(12(19)20)2-1-3-13/h4-5H,1-3,6H2,(H,17,18)(H,19,20). The van der Waals surface area contributed by atoms with Crippen LogP contribution in [0.3, 0.4) is 0 Å². The maximum atomic E-state index is 13.1. The molecule has 0 radical (unpaired) electrons. The van der Waals surface area contributed by atoms with Crippen molar-refractivity contribution in [1.29, 1.82) is 0 Å². The molecule has 20 heavy (non-hydrogen) atoms. The molecule has 0 bridgehead atoms. The summed E-state index contributed by atoms with van der Waals surface area (Å²) in [5.41, 5.74) is -1.17. The molecule has 0 heterocycles. The predicted molar refractivity (Wildman–Crippen MR) is 67.6 cm³/mol. The normalized spacial score (nSPS) is 16.4. The molecule has 1 amide bonds. The van der Waals surface area contributed by atoms with E-state index in [9.17, 15) is 18.4 Å². The van der Waals surface area contributed by atoms with Gasteiger partial charge in [-0.2, -0.15) is 0 Å². The van der Waals surface area contributed by atoms with E-state index in [-0.39, 0.29) is 17.1 Å². The van der Waals surface area contributed by atoms with Crippen LogP contribution >= 0.6 is 11.6 Å². The highest BCUT2D eigenvalue weighted by Crippen LogP contribution is 2.40. The highest BCUT2D eigenvalue weighted by Gasteiger charge is 2.44. The van der Waals surface area contributed by atoms with Gasteiger partial charge in [0.15, 0.2) is 11.6 Å². The molecule has 0 aliphatic heterocycles. The van der Waals surface area contributed by atoms with Gasteiger partial charge >= 0.3 is 5.97 Å². The van der Waals surface area contributed by atoms with Gasteiger partial charge in [0.05, 0.1) is 16.0 Å². The second-order valence-corrected chi connectivity index (χ2v) is 5.28. The number of carbonyl (C=O) groups is 2. The summed E-state index contributed by atoms with van der Waals surface area (Å²) in [4.78, 5) is 23.0. The summed E-state index contributed by atoms with van der Waals surface area (Å²) < 4.78 is 26.0. The van der Waals surface area contributed by atoms with Gasteiger partial charge in [-0.25, -0.2) is 8.78 Å². The lowest BCUT2D eigenvalue weighted by atomic mass is 9.69. The lowest BCUT2D eigenvalue weighted by molar-refractivity contribution is -0.153. The van der Waals surface area contributed by atoms with Crippen molar-refractivity contribution in [2.45, 2.75) is 19.3 Å². The Bertz CT molecular complexity index is 573. The summed E-state index contributed by atoms with van der Waals surface area (Å²) in [7, 11) is 0. The molecule has 108 valence electrons. The highest BCUT2D eigenvalue weighted by atomic mass is 35.5. The van der Waals surface area contributed by atoms with Gasteiger partial charge in [-0.05, 0) is 25.0 Å². The van der Waals surface area contributed by atoms with Crippen molar-refractivity contribution in [2.24, 2.45) is 5.41 Å². The number of nitrogens with one attached hydrogen (secondary N) is 1. The maximum Gasteiger partial charge on any atom is 0.311 e. The van der Waals surface area contributed by atoms with E-state index in [0.717, 1.165) is 6.42 Å². The van der Waals surface area contributed by atoms with Crippen LogP contribution in [0.25, 0.3) is 0 Å². The van der Waals surface area contributed by atoms with Gasteiger partial charge in [-0.3, -0.25) is 9.59 Å². The number of benzene rings is 1. The molecule has 0 unspecified atom stereocenters. The third-order valence-corrected chi connectivity index (χ3v) is 3.92. The van der Waals surface area contributed by atoms with Crippen molar-refractivity contribution in [2.75, 3.05) is 6.54 Å². The molecule has 0 saturated heterocycles. The molecular weight excluding hydrogens is 292 g/mol. The molecule has 2 N–H and O–H groups in total. The molecule has 1 saturated carbocycles. The molecule has 7 heteroatoms. The van der Waals surface area contributed by atoms with E-state index >= 15 is 0 Å². The highest BCUT2D eigenvalue weighted by molar-refractivity contribution is 6.33. The van der Waals surface area contributed by atoms with Crippen LogP contribution in [0, 0.1) is 17.0 Å². The molecule has 0 aromatic heterocycles. The monoisotopic (exact) mass is 303 g/mol. The first-order valence-corrected chi connectivity index (χ1v) is 6.40. The first kappa shape index (κ1) is 14.7. The molecule has 1 aromatic carbocycles. The number of carboxylic acid groups (broad SMARTS) is 1. The summed E-state index contributed by atoms with van der Waals surface area (Å²) in [6, 6.07) is 1.41. The number of carboxylic acids is 1. The van der Waals surface area contributed by atoms with Crippen LogP contribution in [0.2, 0.25) is 5.02 Å². The van der Waals surface area contributed by atoms with Gasteiger partial charge in [0.25, 0.3) is 5.91 Å². The van der Waals surface area contributed by atoms with Crippen LogP contribution in [0.1, 0.15) is 29.6 Å². The zero-order valence-corrected chi connectivity index (χ0v) is 11.1. The minimum atomic E-state index is -1.18. The van der Waals surface area contributed by atoms with Crippen molar-refractivity contribution >= 4 is 23.5 Å². The third kappa shape index (κ3) is 2.60. The first-order chi connectivity index (χ1) is 9.35. The van der Waals surface area contributed by atoms with Crippen molar-refractivity contribution in [3.05, 3.63) is 34.4 Å². The van der Waals surface area contributed by atoms with Gasteiger partial charge in [0, 0.05) is 6.54 Å². The lowest BCUT2D eigenvalue weighted by Crippen LogP contribution is -2.47. The second kappa shape index (κ2) is 5.36. The first-order valence-electron chi connectivity index (χ1n) is 6.02. The number of hydrogen-bond donors (Lipinski definition) is 2. The minimum absolute atomic E-state index is 0.0590. The Morgan fingerprint density at radius 2 is 1.90 bits per heavy atom. The smallest absolute Gasteiger partial charge is 0.311 e. The Labute approximate surface area is 118 Å². The molecule has 4 nitrogen and oxygen atoms in total. The third-order valence-electron chi connectivity index (χ3n) is 3.61. The van der Waals surface area contributed by atoms with Crippen molar-refractivity contribution in [3.63, 3.8) is 0 Å². The number of hydrogen-bond acceptors (Lipinski definition) is 2.